The number of halogens is 1. The fourth-order valence-electron chi connectivity index (χ4n) is 1.59. The summed E-state index contributed by atoms with van der Waals surface area (Å²) in [6, 6.07) is 5.52. The van der Waals surface area contributed by atoms with E-state index < -0.39 is 5.97 Å². The van der Waals surface area contributed by atoms with Gasteiger partial charge in [0.1, 0.15) is 15.9 Å². The summed E-state index contributed by atoms with van der Waals surface area (Å²) in [6.07, 6.45) is 3.20. The van der Waals surface area contributed by atoms with Crippen molar-refractivity contribution in [2.24, 2.45) is 5.11 Å². The van der Waals surface area contributed by atoms with Gasteiger partial charge in [0.05, 0.1) is 12.3 Å². The minimum Gasteiger partial charge on any atom is -0.462 e. The Labute approximate surface area is 122 Å². The van der Waals surface area contributed by atoms with Gasteiger partial charge in [0.15, 0.2) is 0 Å². The monoisotopic (exact) mass is 335 g/mol. The second-order valence-corrected chi connectivity index (χ2v) is 4.41. The van der Waals surface area contributed by atoms with Gasteiger partial charge in [-0.3, -0.25) is 4.40 Å². The van der Waals surface area contributed by atoms with Crippen LogP contribution in [0.25, 0.3) is 22.2 Å². The SMILES string of the molecule is CCOC(=O)/C(=C/c1nc2ccccn2c1Br)N=[N+]=[N-]. The summed E-state index contributed by atoms with van der Waals surface area (Å²) >= 11 is 3.39. The van der Waals surface area contributed by atoms with Crippen LogP contribution in [0.2, 0.25) is 0 Å². The predicted molar refractivity (Wildman–Crippen MR) is 76.6 cm³/mol. The molecule has 0 atom stereocenters. The molecule has 0 unspecified atom stereocenters. The van der Waals surface area contributed by atoms with Gasteiger partial charge in [0.25, 0.3) is 0 Å². The highest BCUT2D eigenvalue weighted by atomic mass is 79.9. The van der Waals surface area contributed by atoms with E-state index in [9.17, 15) is 4.79 Å². The third kappa shape index (κ3) is 2.81. The maximum Gasteiger partial charge on any atom is 0.340 e. The highest BCUT2D eigenvalue weighted by molar-refractivity contribution is 9.10. The molecule has 0 aliphatic rings. The van der Waals surface area contributed by atoms with E-state index in [0.29, 0.717) is 15.9 Å². The molecule has 7 nitrogen and oxygen atoms in total. The summed E-state index contributed by atoms with van der Waals surface area (Å²) in [5.41, 5.74) is 9.55. The lowest BCUT2D eigenvalue weighted by molar-refractivity contribution is -0.138. The molecular weight excluding hydrogens is 326 g/mol. The van der Waals surface area contributed by atoms with Crippen LogP contribution in [0.3, 0.4) is 0 Å². The predicted octanol–water partition coefficient (Wildman–Crippen LogP) is 3.31. The lowest BCUT2D eigenvalue weighted by atomic mass is 10.3. The van der Waals surface area contributed by atoms with Crippen molar-refractivity contribution in [3.63, 3.8) is 0 Å². The van der Waals surface area contributed by atoms with Gasteiger partial charge in [0, 0.05) is 11.1 Å². The summed E-state index contributed by atoms with van der Waals surface area (Å²) in [5.74, 6) is -0.686. The molecule has 2 aromatic rings. The number of esters is 1. The van der Waals surface area contributed by atoms with Gasteiger partial charge in [-0.25, -0.2) is 9.78 Å². The van der Waals surface area contributed by atoms with Crippen molar-refractivity contribution in [2.45, 2.75) is 6.92 Å². The van der Waals surface area contributed by atoms with Crippen molar-refractivity contribution in [3.05, 3.63) is 50.8 Å². The van der Waals surface area contributed by atoms with Crippen LogP contribution in [0, 0.1) is 0 Å². The highest BCUT2D eigenvalue weighted by Gasteiger charge is 2.13. The van der Waals surface area contributed by atoms with E-state index in [1.165, 1.54) is 6.08 Å². The van der Waals surface area contributed by atoms with E-state index in [-0.39, 0.29) is 12.3 Å². The summed E-state index contributed by atoms with van der Waals surface area (Å²) in [5, 5.41) is 3.35. The maximum absolute atomic E-state index is 11.7. The van der Waals surface area contributed by atoms with Gasteiger partial charge in [-0.2, -0.15) is 0 Å². The molecule has 0 radical (unpaired) electrons. The minimum atomic E-state index is -0.686. The van der Waals surface area contributed by atoms with Crippen LogP contribution in [-0.2, 0) is 9.53 Å². The van der Waals surface area contributed by atoms with E-state index in [2.05, 4.69) is 30.9 Å². The number of azide groups is 1. The average Bonchev–Trinajstić information content (AvgIpc) is 2.76. The minimum absolute atomic E-state index is 0.140. The number of imidazole rings is 1. The van der Waals surface area contributed by atoms with Gasteiger partial charge < -0.3 is 4.74 Å². The van der Waals surface area contributed by atoms with Crippen molar-refractivity contribution >= 4 is 33.6 Å². The Morgan fingerprint density at radius 3 is 3.10 bits per heavy atom. The Balaban J connectivity index is 2.50. The number of rotatable bonds is 4. The molecule has 2 aromatic heterocycles. The third-order valence-electron chi connectivity index (χ3n) is 2.41. The molecule has 0 fully saturated rings. The number of hydrogen-bond donors (Lipinski definition) is 0. The molecule has 0 spiro atoms. The van der Waals surface area contributed by atoms with Crippen molar-refractivity contribution in [1.82, 2.24) is 9.38 Å². The average molecular weight is 336 g/mol. The maximum atomic E-state index is 11.7. The quantitative estimate of drug-likeness (QED) is 0.282. The van der Waals surface area contributed by atoms with Gasteiger partial charge in [-0.15, -0.1) is 0 Å². The summed E-state index contributed by atoms with van der Waals surface area (Å²) in [6.45, 7) is 1.87. The van der Waals surface area contributed by atoms with Gasteiger partial charge in [0.2, 0.25) is 0 Å². The first-order valence-electron chi connectivity index (χ1n) is 5.74. The van der Waals surface area contributed by atoms with Crippen molar-refractivity contribution in [2.75, 3.05) is 6.61 Å². The Kier molecular flexibility index (Phi) is 4.39. The first-order chi connectivity index (χ1) is 9.67. The molecule has 102 valence electrons. The molecule has 2 heterocycles. The zero-order valence-corrected chi connectivity index (χ0v) is 12.1. The lowest BCUT2D eigenvalue weighted by Gasteiger charge is -2.00. The zero-order chi connectivity index (χ0) is 14.5. The first-order valence-corrected chi connectivity index (χ1v) is 6.53. The molecule has 2 rings (SSSR count). The topological polar surface area (TPSA) is 92.4 Å². The van der Waals surface area contributed by atoms with Crippen molar-refractivity contribution in [3.8, 4) is 0 Å². The van der Waals surface area contributed by atoms with E-state index >= 15 is 0 Å². The summed E-state index contributed by atoms with van der Waals surface area (Å²) < 4.78 is 7.27. The third-order valence-corrected chi connectivity index (χ3v) is 3.20. The highest BCUT2D eigenvalue weighted by Crippen LogP contribution is 2.21. The van der Waals surface area contributed by atoms with Crippen LogP contribution in [0.15, 0.2) is 39.8 Å². The second-order valence-electron chi connectivity index (χ2n) is 3.66. The molecule has 0 aliphatic heterocycles. The Morgan fingerprint density at radius 2 is 2.45 bits per heavy atom. The fraction of sp³-hybridized carbons (Fsp3) is 0.167. The van der Waals surface area contributed by atoms with Crippen LogP contribution in [0.1, 0.15) is 12.6 Å². The van der Waals surface area contributed by atoms with Crippen LogP contribution in [-0.4, -0.2) is 22.0 Å². The normalized spacial score (nSPS) is 11.2. The van der Waals surface area contributed by atoms with Gasteiger partial charge >= 0.3 is 5.97 Å². The largest absolute Gasteiger partial charge is 0.462 e. The molecule has 0 bridgehead atoms. The number of pyridine rings is 1. The molecule has 0 aromatic carbocycles. The molecule has 0 N–H and O–H groups in total. The Hall–Kier alpha value is -2.31. The molecule has 20 heavy (non-hydrogen) atoms. The molecule has 0 amide bonds. The Morgan fingerprint density at radius 1 is 1.65 bits per heavy atom. The molecule has 0 saturated heterocycles. The van der Waals surface area contributed by atoms with Crippen molar-refractivity contribution in [1.29, 1.82) is 0 Å². The van der Waals surface area contributed by atoms with Crippen LogP contribution in [0.4, 0.5) is 0 Å². The number of carbonyl (C=O) groups is 1. The summed E-state index contributed by atoms with van der Waals surface area (Å²) in [4.78, 5) is 18.6. The number of carbonyl (C=O) groups excluding carboxylic acids is 1. The van der Waals surface area contributed by atoms with Gasteiger partial charge in [-0.1, -0.05) is 11.2 Å². The smallest absolute Gasteiger partial charge is 0.340 e. The second kappa shape index (κ2) is 6.23. The first kappa shape index (κ1) is 14.1. The van der Waals surface area contributed by atoms with Crippen LogP contribution < -0.4 is 0 Å². The van der Waals surface area contributed by atoms with Crippen LogP contribution >= 0.6 is 15.9 Å². The Bertz CT molecular complexity index is 731. The van der Waals surface area contributed by atoms with Crippen LogP contribution in [0.5, 0.6) is 0 Å². The van der Waals surface area contributed by atoms with E-state index in [0.717, 1.165) is 0 Å². The summed E-state index contributed by atoms with van der Waals surface area (Å²) in [7, 11) is 0. The fourth-order valence-corrected chi connectivity index (χ4v) is 2.09. The number of fused-ring (bicyclic) bond motifs is 1. The van der Waals surface area contributed by atoms with E-state index in [1.54, 1.807) is 11.3 Å². The number of nitrogens with zero attached hydrogens (tertiary/aromatic N) is 5. The number of aromatic nitrogens is 2. The van der Waals surface area contributed by atoms with Gasteiger partial charge in [-0.05, 0) is 46.6 Å². The van der Waals surface area contributed by atoms with E-state index in [1.807, 2.05) is 24.4 Å². The number of ether oxygens (including phenoxy) is 1. The standard InChI is InChI=1S/C12H10BrN5O2/c1-2-20-12(19)9(16-17-14)7-8-11(13)18-6-4-3-5-10(18)15-8/h3-7H,2H2,1H3/b9-7-. The molecule has 0 aliphatic carbocycles. The van der Waals surface area contributed by atoms with Crippen molar-refractivity contribution < 1.29 is 9.53 Å². The number of hydrogen-bond acceptors (Lipinski definition) is 4. The van der Waals surface area contributed by atoms with E-state index in [4.69, 9.17) is 10.3 Å². The molecule has 0 saturated carbocycles. The zero-order valence-electron chi connectivity index (χ0n) is 10.5. The molecular formula is C12H10BrN5O2. The molecule has 8 heteroatoms. The lowest BCUT2D eigenvalue weighted by Crippen LogP contribution is -2.05.